The summed E-state index contributed by atoms with van der Waals surface area (Å²) in [6.45, 7) is 6.44. The van der Waals surface area contributed by atoms with Crippen LogP contribution in [0.5, 0.6) is 5.75 Å². The number of ether oxygens (including phenoxy) is 1. The van der Waals surface area contributed by atoms with Crippen LogP contribution in [0.4, 0.5) is 0 Å². The molecule has 2 aromatic rings. The van der Waals surface area contributed by atoms with E-state index in [1.54, 1.807) is 7.11 Å². The number of aromatic nitrogens is 1. The Bertz CT molecular complexity index is 695. The topological polar surface area (TPSA) is 57.2 Å². The molecule has 0 aliphatic rings. The molecule has 2 rings (SSSR count). The van der Waals surface area contributed by atoms with E-state index in [9.17, 15) is 4.79 Å². The number of nitrogens with zero attached hydrogens (tertiary/aromatic N) is 1. The molecular weight excluding hydrogens is 276 g/mol. The molecule has 0 saturated carbocycles. The SMILES string of the molecule is CCCn1c(-c2ccc(OC)cc2)ccc(C(C)(C)N)c1=O. The first-order valence-electron chi connectivity index (χ1n) is 7.56. The Labute approximate surface area is 131 Å². The van der Waals surface area contributed by atoms with E-state index in [0.717, 1.165) is 23.4 Å². The van der Waals surface area contributed by atoms with E-state index in [2.05, 4.69) is 6.92 Å². The number of hydrogen-bond donors (Lipinski definition) is 1. The van der Waals surface area contributed by atoms with Gasteiger partial charge < -0.3 is 15.0 Å². The van der Waals surface area contributed by atoms with Gasteiger partial charge in [0.05, 0.1) is 12.8 Å². The van der Waals surface area contributed by atoms with E-state index in [1.807, 2.05) is 54.8 Å². The molecule has 0 aliphatic heterocycles. The molecule has 0 unspecified atom stereocenters. The van der Waals surface area contributed by atoms with Crippen molar-refractivity contribution in [2.45, 2.75) is 39.3 Å². The Kier molecular flexibility index (Phi) is 4.71. The van der Waals surface area contributed by atoms with Gasteiger partial charge in [-0.2, -0.15) is 0 Å². The van der Waals surface area contributed by atoms with Gasteiger partial charge in [0.25, 0.3) is 5.56 Å². The molecule has 0 spiro atoms. The third-order valence-electron chi connectivity index (χ3n) is 3.70. The van der Waals surface area contributed by atoms with Crippen LogP contribution in [0.3, 0.4) is 0 Å². The number of pyridine rings is 1. The highest BCUT2D eigenvalue weighted by atomic mass is 16.5. The van der Waals surface area contributed by atoms with Crippen LogP contribution >= 0.6 is 0 Å². The van der Waals surface area contributed by atoms with E-state index in [1.165, 1.54) is 0 Å². The lowest BCUT2D eigenvalue weighted by molar-refractivity contribution is 0.415. The molecule has 0 radical (unpaired) electrons. The molecule has 1 aromatic heterocycles. The zero-order chi connectivity index (χ0) is 16.3. The molecule has 1 aromatic carbocycles. The van der Waals surface area contributed by atoms with Gasteiger partial charge >= 0.3 is 0 Å². The number of nitrogens with two attached hydrogens (primary N) is 1. The van der Waals surface area contributed by atoms with Crippen molar-refractivity contribution in [1.29, 1.82) is 0 Å². The lowest BCUT2D eigenvalue weighted by Crippen LogP contribution is -2.38. The van der Waals surface area contributed by atoms with Gasteiger partial charge in [0.15, 0.2) is 0 Å². The van der Waals surface area contributed by atoms with Crippen LogP contribution in [0.25, 0.3) is 11.3 Å². The van der Waals surface area contributed by atoms with Crippen LogP contribution in [-0.4, -0.2) is 11.7 Å². The highest BCUT2D eigenvalue weighted by Crippen LogP contribution is 2.23. The second-order valence-corrected chi connectivity index (χ2v) is 6.04. The molecule has 2 N–H and O–H groups in total. The molecule has 0 fully saturated rings. The zero-order valence-electron chi connectivity index (χ0n) is 13.7. The van der Waals surface area contributed by atoms with Crippen LogP contribution in [0.2, 0.25) is 0 Å². The average Bonchev–Trinajstić information content (AvgIpc) is 2.48. The van der Waals surface area contributed by atoms with E-state index in [4.69, 9.17) is 10.5 Å². The van der Waals surface area contributed by atoms with Gasteiger partial charge in [-0.15, -0.1) is 0 Å². The number of hydrogen-bond acceptors (Lipinski definition) is 3. The molecule has 118 valence electrons. The van der Waals surface area contributed by atoms with Crippen LogP contribution in [0.1, 0.15) is 32.8 Å². The first kappa shape index (κ1) is 16.3. The number of rotatable bonds is 5. The predicted molar refractivity (Wildman–Crippen MR) is 90.2 cm³/mol. The average molecular weight is 300 g/mol. The van der Waals surface area contributed by atoms with Crippen molar-refractivity contribution in [2.24, 2.45) is 5.73 Å². The van der Waals surface area contributed by atoms with Crippen molar-refractivity contribution >= 4 is 0 Å². The molecule has 4 heteroatoms. The maximum Gasteiger partial charge on any atom is 0.256 e. The van der Waals surface area contributed by atoms with Gasteiger partial charge in [-0.05, 0) is 62.2 Å². The Hall–Kier alpha value is -2.07. The van der Waals surface area contributed by atoms with Crippen LogP contribution in [0, 0.1) is 0 Å². The molecular formula is C18H24N2O2. The number of benzene rings is 1. The summed E-state index contributed by atoms with van der Waals surface area (Å²) in [5.74, 6) is 0.799. The lowest BCUT2D eigenvalue weighted by Gasteiger charge is -2.21. The molecule has 0 saturated heterocycles. The summed E-state index contributed by atoms with van der Waals surface area (Å²) >= 11 is 0. The molecule has 0 aliphatic carbocycles. The minimum absolute atomic E-state index is 0.0114. The lowest BCUT2D eigenvalue weighted by atomic mass is 9.96. The summed E-state index contributed by atoms with van der Waals surface area (Å²) in [6.07, 6.45) is 0.886. The van der Waals surface area contributed by atoms with Gasteiger partial charge in [0.2, 0.25) is 0 Å². The van der Waals surface area contributed by atoms with E-state index < -0.39 is 5.54 Å². The third-order valence-corrected chi connectivity index (χ3v) is 3.70. The highest BCUT2D eigenvalue weighted by Gasteiger charge is 2.20. The smallest absolute Gasteiger partial charge is 0.256 e. The van der Waals surface area contributed by atoms with Crippen LogP contribution in [0.15, 0.2) is 41.2 Å². The summed E-state index contributed by atoms with van der Waals surface area (Å²) in [4.78, 5) is 12.8. The van der Waals surface area contributed by atoms with Crippen molar-refractivity contribution < 1.29 is 4.74 Å². The molecule has 0 amide bonds. The third kappa shape index (κ3) is 3.22. The van der Waals surface area contributed by atoms with Gasteiger partial charge in [-0.3, -0.25) is 4.79 Å². The molecule has 0 bridgehead atoms. The summed E-state index contributed by atoms with van der Waals surface area (Å²) in [5.41, 5.74) is 8.00. The summed E-state index contributed by atoms with van der Waals surface area (Å²) in [7, 11) is 1.64. The second kappa shape index (κ2) is 6.36. The predicted octanol–water partition coefficient (Wildman–Crippen LogP) is 3.13. The Morgan fingerprint density at radius 3 is 2.27 bits per heavy atom. The minimum atomic E-state index is -0.648. The zero-order valence-corrected chi connectivity index (χ0v) is 13.7. The Balaban J connectivity index is 2.60. The van der Waals surface area contributed by atoms with E-state index in [0.29, 0.717) is 12.1 Å². The fourth-order valence-corrected chi connectivity index (χ4v) is 2.53. The first-order chi connectivity index (χ1) is 10.4. The highest BCUT2D eigenvalue weighted by molar-refractivity contribution is 5.61. The van der Waals surface area contributed by atoms with Gasteiger partial charge in [0, 0.05) is 17.6 Å². The minimum Gasteiger partial charge on any atom is -0.497 e. The summed E-state index contributed by atoms with van der Waals surface area (Å²) in [5, 5.41) is 0. The maximum atomic E-state index is 12.8. The Morgan fingerprint density at radius 1 is 1.14 bits per heavy atom. The Morgan fingerprint density at radius 2 is 1.77 bits per heavy atom. The normalized spacial score (nSPS) is 11.5. The van der Waals surface area contributed by atoms with Crippen molar-refractivity contribution in [1.82, 2.24) is 4.57 Å². The van der Waals surface area contributed by atoms with E-state index >= 15 is 0 Å². The molecule has 1 heterocycles. The largest absolute Gasteiger partial charge is 0.497 e. The second-order valence-electron chi connectivity index (χ2n) is 6.04. The van der Waals surface area contributed by atoms with Gasteiger partial charge in [-0.25, -0.2) is 0 Å². The van der Waals surface area contributed by atoms with Crippen molar-refractivity contribution in [3.8, 4) is 17.0 Å². The van der Waals surface area contributed by atoms with Crippen molar-refractivity contribution in [2.75, 3.05) is 7.11 Å². The fourth-order valence-electron chi connectivity index (χ4n) is 2.53. The van der Waals surface area contributed by atoms with E-state index in [-0.39, 0.29) is 5.56 Å². The molecule has 4 nitrogen and oxygen atoms in total. The monoisotopic (exact) mass is 300 g/mol. The summed E-state index contributed by atoms with van der Waals surface area (Å²) in [6, 6.07) is 11.5. The quantitative estimate of drug-likeness (QED) is 0.923. The van der Waals surface area contributed by atoms with Crippen molar-refractivity contribution in [3.05, 3.63) is 52.3 Å². The van der Waals surface area contributed by atoms with Crippen LogP contribution < -0.4 is 16.0 Å². The van der Waals surface area contributed by atoms with Crippen molar-refractivity contribution in [3.63, 3.8) is 0 Å². The maximum absolute atomic E-state index is 12.8. The van der Waals surface area contributed by atoms with Gasteiger partial charge in [0.1, 0.15) is 5.75 Å². The standard InChI is InChI=1S/C18H24N2O2/c1-5-12-20-16(13-6-8-14(22-4)9-7-13)11-10-15(17(20)21)18(2,3)19/h6-11H,5,12,19H2,1-4H3. The molecule has 0 atom stereocenters. The first-order valence-corrected chi connectivity index (χ1v) is 7.56. The van der Waals surface area contributed by atoms with Crippen LogP contribution in [-0.2, 0) is 12.1 Å². The molecule has 22 heavy (non-hydrogen) atoms. The number of methoxy groups -OCH3 is 1. The fraction of sp³-hybridized carbons (Fsp3) is 0.389. The van der Waals surface area contributed by atoms with Gasteiger partial charge in [-0.1, -0.05) is 6.92 Å². The summed E-state index contributed by atoms with van der Waals surface area (Å²) < 4.78 is 7.00.